The van der Waals surface area contributed by atoms with Gasteiger partial charge in [0.15, 0.2) is 0 Å². The number of pyridine rings is 1. The van der Waals surface area contributed by atoms with E-state index < -0.39 is 10.0 Å². The van der Waals surface area contributed by atoms with Gasteiger partial charge in [-0.3, -0.25) is 9.21 Å². The lowest BCUT2D eigenvalue weighted by Crippen LogP contribution is -2.48. The average molecular weight is 443 g/mol. The molecule has 0 bridgehead atoms. The molecule has 3 heterocycles. The van der Waals surface area contributed by atoms with Gasteiger partial charge in [0.1, 0.15) is 10.7 Å². The molecule has 1 atom stereocenters. The summed E-state index contributed by atoms with van der Waals surface area (Å²) in [5.74, 6) is 0.876. The Hall–Kier alpha value is -2.12. The van der Waals surface area contributed by atoms with Crippen molar-refractivity contribution >= 4 is 21.5 Å². The number of nitrogens with zero attached hydrogens (tertiary/aromatic N) is 4. The van der Waals surface area contributed by atoms with Crippen LogP contribution in [-0.2, 0) is 10.0 Å². The topological polar surface area (TPSA) is 56.8 Å². The van der Waals surface area contributed by atoms with Gasteiger partial charge in [-0.05, 0) is 70.0 Å². The summed E-state index contributed by atoms with van der Waals surface area (Å²) in [6.45, 7) is 6.59. The molecule has 2 fully saturated rings. The third-order valence-corrected chi connectivity index (χ3v) is 8.40. The molecule has 1 aromatic heterocycles. The van der Waals surface area contributed by atoms with Crippen molar-refractivity contribution in [3.8, 4) is 0 Å². The first-order valence-corrected chi connectivity index (χ1v) is 13.1. The number of aromatic nitrogens is 1. The highest BCUT2D eigenvalue weighted by Gasteiger charge is 2.28. The Balaban J connectivity index is 1.48. The zero-order valence-corrected chi connectivity index (χ0v) is 19.3. The Kier molecular flexibility index (Phi) is 7.13. The van der Waals surface area contributed by atoms with Gasteiger partial charge in [0.2, 0.25) is 0 Å². The Bertz CT molecular complexity index is 926. The maximum absolute atomic E-state index is 13.2. The molecule has 2 saturated heterocycles. The Labute approximate surface area is 186 Å². The molecule has 168 valence electrons. The highest BCUT2D eigenvalue weighted by Crippen LogP contribution is 2.26. The lowest BCUT2D eigenvalue weighted by atomic mass is 10.0. The molecule has 2 aliphatic rings. The van der Waals surface area contributed by atoms with E-state index in [0.717, 1.165) is 25.3 Å². The number of hydrogen-bond donors (Lipinski definition) is 0. The van der Waals surface area contributed by atoms with E-state index in [0.29, 0.717) is 18.3 Å². The first kappa shape index (κ1) is 22.1. The summed E-state index contributed by atoms with van der Waals surface area (Å²) >= 11 is 0. The smallest absolute Gasteiger partial charge is 0.265 e. The van der Waals surface area contributed by atoms with Crippen molar-refractivity contribution < 1.29 is 8.42 Å². The van der Waals surface area contributed by atoms with Crippen molar-refractivity contribution in [1.29, 1.82) is 0 Å². The number of benzene rings is 1. The van der Waals surface area contributed by atoms with Crippen LogP contribution in [0.3, 0.4) is 0 Å². The molecule has 0 amide bonds. The number of piperidine rings is 1. The van der Waals surface area contributed by atoms with Crippen LogP contribution in [0.5, 0.6) is 0 Å². The second kappa shape index (κ2) is 10.0. The van der Waals surface area contributed by atoms with Crippen LogP contribution < -0.4 is 9.21 Å². The predicted octanol–water partition coefficient (Wildman–Crippen LogP) is 4.14. The van der Waals surface area contributed by atoms with Gasteiger partial charge in [-0.2, -0.15) is 0 Å². The van der Waals surface area contributed by atoms with Crippen LogP contribution in [-0.4, -0.2) is 57.1 Å². The van der Waals surface area contributed by atoms with Gasteiger partial charge >= 0.3 is 0 Å². The maximum Gasteiger partial charge on any atom is 0.265 e. The summed E-state index contributed by atoms with van der Waals surface area (Å²) in [6.07, 6.45) is 9.22. The van der Waals surface area contributed by atoms with Crippen LogP contribution in [0.15, 0.2) is 53.6 Å². The van der Waals surface area contributed by atoms with E-state index in [1.54, 1.807) is 6.07 Å². The van der Waals surface area contributed by atoms with Crippen LogP contribution in [0.25, 0.3) is 0 Å². The van der Waals surface area contributed by atoms with Gasteiger partial charge in [-0.1, -0.05) is 31.0 Å². The molecule has 1 unspecified atom stereocenters. The molecule has 31 heavy (non-hydrogen) atoms. The van der Waals surface area contributed by atoms with E-state index in [4.69, 9.17) is 0 Å². The van der Waals surface area contributed by atoms with Crippen LogP contribution >= 0.6 is 0 Å². The van der Waals surface area contributed by atoms with Crippen molar-refractivity contribution in [2.24, 2.45) is 0 Å². The zero-order valence-electron chi connectivity index (χ0n) is 18.5. The first-order valence-electron chi connectivity index (χ1n) is 11.6. The summed E-state index contributed by atoms with van der Waals surface area (Å²) in [7, 11) is -3.64. The Morgan fingerprint density at radius 1 is 0.968 bits per heavy atom. The lowest BCUT2D eigenvalue weighted by Gasteiger charge is -2.39. The average Bonchev–Trinajstić information content (AvgIpc) is 3.10. The standard InChI is InChI=1S/C24H34N4O2S/c1-2-28(21-11-6-5-7-12-21)31(29,30)23-14-15-24(25-19-23)27-18-10-13-22(20-27)26-16-8-3-4-9-17-26/h5-7,11-12,14-15,19,22H,2-4,8-10,13,16-18,20H2,1H3. The van der Waals surface area contributed by atoms with Crippen molar-refractivity contribution in [2.45, 2.75) is 56.4 Å². The molecule has 6 nitrogen and oxygen atoms in total. The van der Waals surface area contributed by atoms with Gasteiger partial charge in [0.25, 0.3) is 10.0 Å². The molecule has 2 aromatic rings. The fraction of sp³-hybridized carbons (Fsp3) is 0.542. The van der Waals surface area contributed by atoms with E-state index in [9.17, 15) is 8.42 Å². The molecule has 2 aliphatic heterocycles. The lowest BCUT2D eigenvalue weighted by molar-refractivity contribution is 0.182. The van der Waals surface area contributed by atoms with E-state index in [1.807, 2.05) is 43.3 Å². The molecule has 4 rings (SSSR count). The van der Waals surface area contributed by atoms with Crippen molar-refractivity contribution in [2.75, 3.05) is 41.9 Å². The molecular formula is C24H34N4O2S. The van der Waals surface area contributed by atoms with Crippen LogP contribution in [0.1, 0.15) is 45.4 Å². The normalized spacial score (nSPS) is 20.9. The van der Waals surface area contributed by atoms with E-state index in [-0.39, 0.29) is 4.90 Å². The monoisotopic (exact) mass is 442 g/mol. The summed E-state index contributed by atoms with van der Waals surface area (Å²) in [6, 6.07) is 13.4. The molecule has 0 N–H and O–H groups in total. The molecule has 0 spiro atoms. The summed E-state index contributed by atoms with van der Waals surface area (Å²) in [4.78, 5) is 9.80. The van der Waals surface area contributed by atoms with Gasteiger partial charge < -0.3 is 4.90 Å². The number of para-hydroxylation sites is 1. The quantitative estimate of drug-likeness (QED) is 0.673. The van der Waals surface area contributed by atoms with Gasteiger partial charge in [-0.25, -0.2) is 13.4 Å². The minimum absolute atomic E-state index is 0.239. The number of anilines is 2. The van der Waals surface area contributed by atoms with Crippen LogP contribution in [0, 0.1) is 0 Å². The SMILES string of the molecule is CCN(c1ccccc1)S(=O)(=O)c1ccc(N2CCCC(N3CCCCCC3)C2)nc1. The summed E-state index contributed by atoms with van der Waals surface area (Å²) in [5.41, 5.74) is 0.672. The van der Waals surface area contributed by atoms with Gasteiger partial charge in [0.05, 0.1) is 5.69 Å². The van der Waals surface area contributed by atoms with Crippen LogP contribution in [0.4, 0.5) is 11.5 Å². The third kappa shape index (κ3) is 5.04. The predicted molar refractivity (Wildman–Crippen MR) is 126 cm³/mol. The zero-order chi connectivity index (χ0) is 21.7. The molecule has 0 aliphatic carbocycles. The largest absolute Gasteiger partial charge is 0.355 e. The van der Waals surface area contributed by atoms with E-state index >= 15 is 0 Å². The highest BCUT2D eigenvalue weighted by molar-refractivity contribution is 7.92. The molecule has 1 aromatic carbocycles. The number of rotatable bonds is 6. The molecule has 0 saturated carbocycles. The first-order chi connectivity index (χ1) is 15.1. The number of likely N-dealkylation sites (tertiary alicyclic amines) is 1. The molecule has 7 heteroatoms. The van der Waals surface area contributed by atoms with Crippen molar-refractivity contribution in [3.05, 3.63) is 48.7 Å². The number of sulfonamides is 1. The van der Waals surface area contributed by atoms with Crippen molar-refractivity contribution in [3.63, 3.8) is 0 Å². The summed E-state index contributed by atoms with van der Waals surface area (Å²) in [5, 5.41) is 0. The van der Waals surface area contributed by atoms with E-state index in [1.165, 1.54) is 55.7 Å². The number of hydrogen-bond acceptors (Lipinski definition) is 5. The Morgan fingerprint density at radius 2 is 1.71 bits per heavy atom. The van der Waals surface area contributed by atoms with E-state index in [2.05, 4.69) is 14.8 Å². The summed E-state index contributed by atoms with van der Waals surface area (Å²) < 4.78 is 27.8. The third-order valence-electron chi connectivity index (χ3n) is 6.52. The van der Waals surface area contributed by atoms with Gasteiger partial charge in [0, 0.05) is 31.9 Å². The second-order valence-corrected chi connectivity index (χ2v) is 10.4. The second-order valence-electron chi connectivity index (χ2n) is 8.55. The molecule has 0 radical (unpaired) electrons. The highest BCUT2D eigenvalue weighted by atomic mass is 32.2. The fourth-order valence-corrected chi connectivity index (χ4v) is 6.27. The maximum atomic E-state index is 13.2. The Morgan fingerprint density at radius 3 is 2.35 bits per heavy atom. The fourth-order valence-electron chi connectivity index (χ4n) is 4.85. The minimum Gasteiger partial charge on any atom is -0.355 e. The minimum atomic E-state index is -3.64. The van der Waals surface area contributed by atoms with Crippen molar-refractivity contribution in [1.82, 2.24) is 9.88 Å². The van der Waals surface area contributed by atoms with Crippen LogP contribution in [0.2, 0.25) is 0 Å². The van der Waals surface area contributed by atoms with Gasteiger partial charge in [-0.15, -0.1) is 0 Å². The molecular weight excluding hydrogens is 408 g/mol.